The number of rotatable bonds is 5. The second-order valence-electron chi connectivity index (χ2n) is 6.14. The summed E-state index contributed by atoms with van der Waals surface area (Å²) in [5.41, 5.74) is 2.19. The third-order valence-electron chi connectivity index (χ3n) is 4.46. The van der Waals surface area contributed by atoms with Crippen molar-refractivity contribution in [1.29, 1.82) is 0 Å². The van der Waals surface area contributed by atoms with E-state index in [0.717, 1.165) is 16.9 Å². The lowest BCUT2D eigenvalue weighted by Crippen LogP contribution is -2.36. The fourth-order valence-corrected chi connectivity index (χ4v) is 3.89. The average Bonchev–Trinajstić information content (AvgIpc) is 2.66. The third-order valence-corrected chi connectivity index (χ3v) is 5.41. The molecule has 27 heavy (non-hydrogen) atoms. The summed E-state index contributed by atoms with van der Waals surface area (Å²) in [6.07, 6.45) is 0.617. The van der Waals surface area contributed by atoms with Gasteiger partial charge in [-0.2, -0.15) is 0 Å². The van der Waals surface area contributed by atoms with E-state index in [1.807, 2.05) is 6.92 Å². The molecule has 8 heteroatoms. The Kier molecular flexibility index (Phi) is 5.46. The Morgan fingerprint density at radius 3 is 2.67 bits per heavy atom. The number of nitro groups is 1. The van der Waals surface area contributed by atoms with E-state index in [1.54, 1.807) is 29.2 Å². The van der Waals surface area contributed by atoms with Crippen LogP contribution in [0.2, 0.25) is 0 Å². The van der Waals surface area contributed by atoms with Gasteiger partial charge >= 0.3 is 5.97 Å². The molecule has 0 aliphatic carbocycles. The number of carbonyl (C=O) groups is 2. The lowest BCUT2D eigenvalue weighted by Gasteiger charge is -2.29. The molecule has 0 saturated heterocycles. The van der Waals surface area contributed by atoms with Gasteiger partial charge in [-0.1, -0.05) is 13.0 Å². The average molecular weight is 386 g/mol. The molecule has 1 aliphatic heterocycles. The first-order chi connectivity index (χ1) is 12.9. The van der Waals surface area contributed by atoms with E-state index in [0.29, 0.717) is 23.4 Å². The Bertz CT molecular complexity index is 928. The van der Waals surface area contributed by atoms with Crippen LogP contribution >= 0.6 is 11.8 Å². The molecule has 0 bridgehead atoms. The molecule has 0 saturated carbocycles. The van der Waals surface area contributed by atoms with Crippen molar-refractivity contribution in [2.45, 2.75) is 24.8 Å². The number of nitrogens with zero attached hydrogens (tertiary/aromatic N) is 2. The number of thioether (sulfide) groups is 1. The number of nitro benzene ring substituents is 1. The summed E-state index contributed by atoms with van der Waals surface area (Å²) in [5, 5.41) is 20.3. The molecule has 1 amide bonds. The topological polar surface area (TPSA) is 101 Å². The van der Waals surface area contributed by atoms with Crippen molar-refractivity contribution in [2.75, 3.05) is 12.3 Å². The maximum absolute atomic E-state index is 13.1. The number of hydrogen-bond acceptors (Lipinski definition) is 5. The minimum absolute atomic E-state index is 0.121. The molecular formula is C19H18N2O5S. The van der Waals surface area contributed by atoms with Crippen molar-refractivity contribution in [2.24, 2.45) is 0 Å². The molecule has 1 aliphatic rings. The first-order valence-electron chi connectivity index (χ1n) is 8.46. The number of carboxylic acids is 1. The van der Waals surface area contributed by atoms with Gasteiger partial charge in [-0.3, -0.25) is 14.9 Å². The molecule has 2 aromatic carbocycles. The summed E-state index contributed by atoms with van der Waals surface area (Å²) in [7, 11) is 0. The van der Waals surface area contributed by atoms with Gasteiger partial charge in [0, 0.05) is 30.1 Å². The van der Waals surface area contributed by atoms with Gasteiger partial charge in [0.1, 0.15) is 0 Å². The highest BCUT2D eigenvalue weighted by Gasteiger charge is 2.26. The van der Waals surface area contributed by atoms with Crippen molar-refractivity contribution in [3.8, 4) is 0 Å². The molecular weight excluding hydrogens is 368 g/mol. The Morgan fingerprint density at radius 2 is 2.00 bits per heavy atom. The molecule has 0 atom stereocenters. The molecule has 1 heterocycles. The Balaban J connectivity index is 1.92. The number of benzene rings is 2. The van der Waals surface area contributed by atoms with Gasteiger partial charge < -0.3 is 10.0 Å². The monoisotopic (exact) mass is 386 g/mol. The zero-order chi connectivity index (χ0) is 19.6. The van der Waals surface area contributed by atoms with Crippen molar-refractivity contribution in [3.05, 3.63) is 68.8 Å². The van der Waals surface area contributed by atoms with E-state index in [9.17, 15) is 24.8 Å². The van der Waals surface area contributed by atoms with Crippen LogP contribution in [0.25, 0.3) is 0 Å². The van der Waals surface area contributed by atoms with Crippen LogP contribution < -0.4 is 0 Å². The van der Waals surface area contributed by atoms with Gasteiger partial charge in [-0.15, -0.1) is 11.8 Å². The predicted molar refractivity (Wildman–Crippen MR) is 101 cm³/mol. The lowest BCUT2D eigenvalue weighted by molar-refractivity contribution is -0.384. The number of hydrogen-bond donors (Lipinski definition) is 1. The van der Waals surface area contributed by atoms with Gasteiger partial charge in [0.15, 0.2) is 0 Å². The highest BCUT2D eigenvalue weighted by molar-refractivity contribution is 7.99. The second kappa shape index (κ2) is 7.79. The molecule has 0 unspecified atom stereocenters. The Morgan fingerprint density at radius 1 is 1.22 bits per heavy atom. The molecule has 0 spiro atoms. The molecule has 0 fully saturated rings. The maximum Gasteiger partial charge on any atom is 0.335 e. The van der Waals surface area contributed by atoms with Gasteiger partial charge in [0.05, 0.1) is 16.1 Å². The standard InChI is InChI=1S/C19H18N2O5S/c1-2-27-17-6-5-15(21(25)26)10-16(17)18(22)20-8-7-12-3-4-13(19(23)24)9-14(12)11-20/h3-6,9-10H,2,7-8,11H2,1H3,(H,23,24). The molecule has 3 rings (SSSR count). The van der Waals surface area contributed by atoms with Crippen LogP contribution in [0.5, 0.6) is 0 Å². The van der Waals surface area contributed by atoms with Crippen molar-refractivity contribution in [3.63, 3.8) is 0 Å². The zero-order valence-corrected chi connectivity index (χ0v) is 15.5. The Labute approximate surface area is 160 Å². The third kappa shape index (κ3) is 3.95. The summed E-state index contributed by atoms with van der Waals surface area (Å²) >= 11 is 1.46. The quantitative estimate of drug-likeness (QED) is 0.479. The van der Waals surface area contributed by atoms with Crippen LogP contribution in [0.15, 0.2) is 41.3 Å². The second-order valence-corrected chi connectivity index (χ2v) is 7.44. The first-order valence-corrected chi connectivity index (χ1v) is 9.45. The van der Waals surface area contributed by atoms with Gasteiger partial charge in [-0.25, -0.2) is 4.79 Å². The summed E-state index contributed by atoms with van der Waals surface area (Å²) in [4.78, 5) is 37.2. The predicted octanol–water partition coefficient (Wildman–Crippen LogP) is 3.60. The van der Waals surface area contributed by atoms with Gasteiger partial charge in [0.25, 0.3) is 11.6 Å². The first kappa shape index (κ1) is 18.9. The SMILES string of the molecule is CCSc1ccc([N+](=O)[O-])cc1C(=O)N1CCc2ccc(C(=O)O)cc2C1. The van der Waals surface area contributed by atoms with Crippen LogP contribution in [0.3, 0.4) is 0 Å². The van der Waals surface area contributed by atoms with E-state index >= 15 is 0 Å². The van der Waals surface area contributed by atoms with Crippen LogP contribution in [-0.2, 0) is 13.0 Å². The fraction of sp³-hybridized carbons (Fsp3) is 0.263. The highest BCUT2D eigenvalue weighted by Crippen LogP contribution is 2.29. The molecule has 7 nitrogen and oxygen atoms in total. The number of aromatic carboxylic acids is 1. The van der Waals surface area contributed by atoms with E-state index in [-0.39, 0.29) is 23.7 Å². The smallest absolute Gasteiger partial charge is 0.335 e. The molecule has 0 aromatic heterocycles. The number of carbonyl (C=O) groups excluding carboxylic acids is 1. The molecule has 140 valence electrons. The molecule has 2 aromatic rings. The zero-order valence-electron chi connectivity index (χ0n) is 14.7. The van der Waals surface area contributed by atoms with Gasteiger partial charge in [0.2, 0.25) is 0 Å². The highest BCUT2D eigenvalue weighted by atomic mass is 32.2. The van der Waals surface area contributed by atoms with Crippen LogP contribution in [-0.4, -0.2) is 39.1 Å². The minimum Gasteiger partial charge on any atom is -0.478 e. The van der Waals surface area contributed by atoms with Crippen LogP contribution in [0.4, 0.5) is 5.69 Å². The number of carboxylic acid groups (broad SMARTS) is 1. The van der Waals surface area contributed by atoms with E-state index < -0.39 is 10.9 Å². The number of fused-ring (bicyclic) bond motifs is 1. The summed E-state index contributed by atoms with van der Waals surface area (Å²) < 4.78 is 0. The summed E-state index contributed by atoms with van der Waals surface area (Å²) in [5.74, 6) is -0.550. The maximum atomic E-state index is 13.1. The van der Waals surface area contributed by atoms with E-state index in [4.69, 9.17) is 0 Å². The normalized spacial score (nSPS) is 13.1. The lowest BCUT2D eigenvalue weighted by atomic mass is 9.97. The van der Waals surface area contributed by atoms with Gasteiger partial charge in [-0.05, 0) is 41.5 Å². The number of non-ortho nitro benzene ring substituents is 1. The van der Waals surface area contributed by atoms with Crippen LogP contribution in [0, 0.1) is 10.1 Å². The Hall–Kier alpha value is -2.87. The van der Waals surface area contributed by atoms with Crippen molar-refractivity contribution >= 4 is 29.3 Å². The van der Waals surface area contributed by atoms with Crippen molar-refractivity contribution in [1.82, 2.24) is 4.90 Å². The number of amides is 1. The van der Waals surface area contributed by atoms with Crippen molar-refractivity contribution < 1.29 is 19.6 Å². The van der Waals surface area contributed by atoms with Crippen LogP contribution in [0.1, 0.15) is 38.8 Å². The minimum atomic E-state index is -1.01. The molecule has 1 N–H and O–H groups in total. The van der Waals surface area contributed by atoms with E-state index in [1.165, 1.54) is 23.9 Å². The largest absolute Gasteiger partial charge is 0.478 e. The summed E-state index contributed by atoms with van der Waals surface area (Å²) in [6, 6.07) is 9.27. The molecule has 0 radical (unpaired) electrons. The van der Waals surface area contributed by atoms with E-state index in [2.05, 4.69) is 0 Å². The fourth-order valence-electron chi connectivity index (χ4n) is 3.11. The summed E-state index contributed by atoms with van der Waals surface area (Å²) in [6.45, 7) is 2.72.